The molecule has 5 rings (SSSR count). The van der Waals surface area contributed by atoms with Gasteiger partial charge >= 0.3 is 0 Å². The summed E-state index contributed by atoms with van der Waals surface area (Å²) < 4.78 is 11.4. The van der Waals surface area contributed by atoms with Crippen molar-refractivity contribution in [3.05, 3.63) is 53.3 Å². The van der Waals surface area contributed by atoms with Crippen LogP contribution < -0.4 is 5.73 Å². The molecule has 1 aromatic carbocycles. The third-order valence-corrected chi connectivity index (χ3v) is 7.12. The maximum Gasteiger partial charge on any atom is 0.290 e. The average molecular weight is 434 g/mol. The molecule has 1 aromatic heterocycles. The van der Waals surface area contributed by atoms with Crippen LogP contribution in [0.15, 0.2) is 41.7 Å². The number of rotatable bonds is 2. The predicted octanol–water partition coefficient (Wildman–Crippen LogP) is 2.99. The number of ether oxygens (including phenoxy) is 2. The first-order valence-corrected chi connectivity index (χ1v) is 10.6. The number of hydrogen-bond acceptors (Lipinski definition) is 7. The van der Waals surface area contributed by atoms with Crippen LogP contribution in [0.25, 0.3) is 11.1 Å². The van der Waals surface area contributed by atoms with Crippen molar-refractivity contribution < 1.29 is 19.4 Å². The summed E-state index contributed by atoms with van der Waals surface area (Å²) in [5, 5.41) is 16.1. The number of pyridine rings is 1. The first kappa shape index (κ1) is 21.8. The molecule has 3 N–H and O–H groups in total. The van der Waals surface area contributed by atoms with Gasteiger partial charge in [-0.15, -0.1) is 0 Å². The number of carbonyl (C=O) groups is 1. The average Bonchev–Trinajstić information content (AvgIpc) is 3.33. The van der Waals surface area contributed by atoms with Gasteiger partial charge in [-0.25, -0.2) is 4.99 Å². The summed E-state index contributed by atoms with van der Waals surface area (Å²) in [5.74, 6) is 0. The zero-order valence-electron chi connectivity index (χ0n) is 18.0. The lowest BCUT2D eigenvalue weighted by Crippen LogP contribution is -2.46. The van der Waals surface area contributed by atoms with E-state index in [2.05, 4.69) is 29.3 Å². The molecule has 8 heteroatoms. The Balaban J connectivity index is 0.000000775. The number of aromatic nitrogens is 1. The molecule has 8 nitrogen and oxygen atoms in total. The second-order valence-electron chi connectivity index (χ2n) is 8.54. The monoisotopic (exact) mass is 434 g/mol. The maximum atomic E-state index is 9.22. The van der Waals surface area contributed by atoms with Gasteiger partial charge < -0.3 is 20.3 Å². The number of fused-ring (bicyclic) bond motifs is 3. The number of methoxy groups -OCH3 is 1. The van der Waals surface area contributed by atoms with Crippen LogP contribution >= 0.6 is 0 Å². The topological polar surface area (TPSA) is 131 Å². The van der Waals surface area contributed by atoms with E-state index in [0.717, 1.165) is 43.2 Å². The summed E-state index contributed by atoms with van der Waals surface area (Å²) in [6.45, 7) is 0.240. The lowest BCUT2D eigenvalue weighted by Gasteiger charge is -2.45. The molecule has 2 aromatic rings. The number of aliphatic imine (C=N–C) groups is 1. The molecular weight excluding hydrogens is 408 g/mol. The van der Waals surface area contributed by atoms with Gasteiger partial charge in [-0.3, -0.25) is 9.78 Å². The van der Waals surface area contributed by atoms with Gasteiger partial charge in [-0.2, -0.15) is 5.26 Å². The number of nitriles is 1. The quantitative estimate of drug-likeness (QED) is 0.695. The number of benzene rings is 1. The third-order valence-electron chi connectivity index (χ3n) is 7.12. The van der Waals surface area contributed by atoms with Crippen molar-refractivity contribution in [1.29, 1.82) is 5.26 Å². The fraction of sp³-hybridized carbons (Fsp3) is 0.417. The van der Waals surface area contributed by atoms with E-state index in [1.165, 1.54) is 11.1 Å². The Morgan fingerprint density at radius 3 is 2.66 bits per heavy atom. The molecule has 1 unspecified atom stereocenters. The molecule has 0 bridgehead atoms. The third kappa shape index (κ3) is 3.49. The van der Waals surface area contributed by atoms with Crippen LogP contribution in [0.4, 0.5) is 0 Å². The number of carboxylic acid groups (broad SMARTS) is 1. The fourth-order valence-electron chi connectivity index (χ4n) is 5.56. The molecular formula is C24H26N4O4. The molecule has 2 heterocycles. The highest BCUT2D eigenvalue weighted by atomic mass is 16.5. The Morgan fingerprint density at radius 2 is 2.03 bits per heavy atom. The molecule has 1 aliphatic heterocycles. The minimum atomic E-state index is -0.443. The van der Waals surface area contributed by atoms with Gasteiger partial charge in [0.1, 0.15) is 18.2 Å². The molecule has 0 amide bonds. The van der Waals surface area contributed by atoms with E-state index >= 15 is 0 Å². The first-order valence-electron chi connectivity index (χ1n) is 10.6. The number of hydrogen-bond donors (Lipinski definition) is 2. The summed E-state index contributed by atoms with van der Waals surface area (Å²) >= 11 is 0. The number of amidine groups is 1. The van der Waals surface area contributed by atoms with Gasteiger partial charge in [0.05, 0.1) is 11.7 Å². The van der Waals surface area contributed by atoms with Crippen molar-refractivity contribution in [1.82, 2.24) is 4.98 Å². The van der Waals surface area contributed by atoms with E-state index in [4.69, 9.17) is 30.1 Å². The van der Waals surface area contributed by atoms with E-state index < -0.39 is 5.54 Å². The number of nitrogens with zero attached hydrogens (tertiary/aromatic N) is 3. The summed E-state index contributed by atoms with van der Waals surface area (Å²) in [7, 11) is 1.80. The van der Waals surface area contributed by atoms with Gasteiger partial charge in [0.25, 0.3) is 12.5 Å². The van der Waals surface area contributed by atoms with Crippen molar-refractivity contribution in [2.75, 3.05) is 13.7 Å². The molecule has 0 radical (unpaired) electrons. The van der Waals surface area contributed by atoms with Gasteiger partial charge in [0, 0.05) is 30.5 Å². The van der Waals surface area contributed by atoms with E-state index in [1.807, 2.05) is 6.07 Å². The van der Waals surface area contributed by atoms with Crippen LogP contribution in [0.2, 0.25) is 0 Å². The van der Waals surface area contributed by atoms with Gasteiger partial charge in [-0.1, -0.05) is 12.1 Å². The van der Waals surface area contributed by atoms with Crippen molar-refractivity contribution >= 4 is 12.5 Å². The standard InChI is InChI=1S/C23H24N4O2.CH2O2/c1-28-19-4-6-22(7-5-19)10-17-3-2-16(18-8-15(11-24)12-26-13-18)9-20(17)23(22)14-29-21(25)27-23;2-1-3/h2-3,8-9,12-13,19H,4-7,10,14H2,1H3,(H2,25,27);1H,(H,2,3). The smallest absolute Gasteiger partial charge is 0.290 e. The van der Waals surface area contributed by atoms with Gasteiger partial charge in [0.15, 0.2) is 0 Å². The van der Waals surface area contributed by atoms with Crippen LogP contribution in [-0.4, -0.2) is 42.4 Å². The van der Waals surface area contributed by atoms with Crippen LogP contribution in [0.1, 0.15) is 42.4 Å². The fourth-order valence-corrected chi connectivity index (χ4v) is 5.56. The van der Waals surface area contributed by atoms with Gasteiger partial charge in [-0.05, 0) is 60.9 Å². The van der Waals surface area contributed by atoms with Crippen LogP contribution in [0, 0.1) is 16.7 Å². The Morgan fingerprint density at radius 1 is 1.28 bits per heavy atom. The molecule has 3 aliphatic rings. The van der Waals surface area contributed by atoms with Crippen molar-refractivity contribution in [3.8, 4) is 17.2 Å². The lowest BCUT2D eigenvalue weighted by molar-refractivity contribution is -0.122. The lowest BCUT2D eigenvalue weighted by atomic mass is 9.62. The summed E-state index contributed by atoms with van der Waals surface area (Å²) in [5.41, 5.74) is 10.6. The Bertz CT molecular complexity index is 1090. The zero-order valence-corrected chi connectivity index (χ0v) is 18.0. The Labute approximate surface area is 186 Å². The molecule has 166 valence electrons. The normalized spacial score (nSPS) is 27.6. The maximum absolute atomic E-state index is 9.22. The Hall–Kier alpha value is -3.44. The summed E-state index contributed by atoms with van der Waals surface area (Å²) in [6.07, 6.45) is 8.83. The second kappa shape index (κ2) is 8.60. The first-order chi connectivity index (χ1) is 15.5. The van der Waals surface area contributed by atoms with Crippen LogP contribution in [0.5, 0.6) is 0 Å². The highest BCUT2D eigenvalue weighted by Gasteiger charge is 2.61. The molecule has 0 saturated heterocycles. The minimum Gasteiger partial charge on any atom is -0.483 e. The van der Waals surface area contributed by atoms with E-state index in [0.29, 0.717) is 18.3 Å². The summed E-state index contributed by atoms with van der Waals surface area (Å²) in [4.78, 5) is 17.5. The molecule has 2 spiro atoms. The molecule has 1 atom stereocenters. The predicted molar refractivity (Wildman–Crippen MR) is 118 cm³/mol. The van der Waals surface area contributed by atoms with Gasteiger partial charge in [0.2, 0.25) is 0 Å². The zero-order chi connectivity index (χ0) is 22.8. The van der Waals surface area contributed by atoms with Crippen molar-refractivity contribution in [2.24, 2.45) is 16.1 Å². The van der Waals surface area contributed by atoms with Crippen molar-refractivity contribution in [2.45, 2.75) is 43.7 Å². The molecule has 32 heavy (non-hydrogen) atoms. The Kier molecular flexibility index (Phi) is 5.85. The van der Waals surface area contributed by atoms with Crippen LogP contribution in [0.3, 0.4) is 0 Å². The van der Waals surface area contributed by atoms with E-state index in [-0.39, 0.29) is 17.9 Å². The number of nitrogens with two attached hydrogens (primary N) is 1. The molecule has 2 aliphatic carbocycles. The SMILES string of the molecule is COC1CCC2(CC1)Cc1ccc(-c3cncc(C#N)c3)cc1C21COC(N)=N1.O=CO. The molecule has 1 saturated carbocycles. The van der Waals surface area contributed by atoms with Crippen LogP contribution in [-0.2, 0) is 26.2 Å². The van der Waals surface area contributed by atoms with Crippen molar-refractivity contribution in [3.63, 3.8) is 0 Å². The minimum absolute atomic E-state index is 0.0108. The second-order valence-corrected chi connectivity index (χ2v) is 8.54. The largest absolute Gasteiger partial charge is 0.483 e. The summed E-state index contributed by atoms with van der Waals surface area (Å²) in [6, 6.07) is 10.8. The van der Waals surface area contributed by atoms with E-state index in [1.54, 1.807) is 19.5 Å². The molecule has 1 fully saturated rings. The van der Waals surface area contributed by atoms with E-state index in [9.17, 15) is 5.26 Å². The highest BCUT2D eigenvalue weighted by molar-refractivity contribution is 5.76. The highest BCUT2D eigenvalue weighted by Crippen LogP contribution is 2.61.